The van der Waals surface area contributed by atoms with Gasteiger partial charge < -0.3 is 20.1 Å². The predicted octanol–water partition coefficient (Wildman–Crippen LogP) is 2.75. The fourth-order valence-corrected chi connectivity index (χ4v) is 2.01. The first kappa shape index (κ1) is 19.8. The van der Waals surface area contributed by atoms with Gasteiger partial charge in [-0.25, -0.2) is 4.79 Å². The smallest absolute Gasteiger partial charge is 0.410 e. The highest BCUT2D eigenvalue weighted by Crippen LogP contribution is 2.18. The zero-order valence-electron chi connectivity index (χ0n) is 14.6. The van der Waals surface area contributed by atoms with Crippen molar-refractivity contribution in [1.82, 2.24) is 10.2 Å². The van der Waals surface area contributed by atoms with Crippen molar-refractivity contribution in [3.8, 4) is 0 Å². The number of aliphatic hydroxyl groups is 1. The van der Waals surface area contributed by atoms with Crippen LogP contribution < -0.4 is 5.32 Å². The molecule has 2 N–H and O–H groups in total. The first-order valence-electron chi connectivity index (χ1n) is 7.65. The van der Waals surface area contributed by atoms with Crippen molar-refractivity contribution >= 4 is 6.09 Å². The van der Waals surface area contributed by atoms with Crippen molar-refractivity contribution in [1.29, 1.82) is 0 Å². The molecule has 0 saturated carbocycles. The lowest BCUT2D eigenvalue weighted by molar-refractivity contribution is 0.0105. The molecule has 0 bridgehead atoms. The number of allylic oxidation sites excluding steroid dienone is 1. The summed E-state index contributed by atoms with van der Waals surface area (Å²) in [5, 5.41) is 12.4. The van der Waals surface area contributed by atoms with Gasteiger partial charge in [-0.1, -0.05) is 19.9 Å². The number of carbonyl (C=O) groups excluding carboxylic acids is 1. The molecule has 1 amide bonds. The summed E-state index contributed by atoms with van der Waals surface area (Å²) in [6.45, 7) is 11.8. The van der Waals surface area contributed by atoms with Crippen molar-refractivity contribution in [2.24, 2.45) is 5.92 Å². The average Bonchev–Trinajstić information content (AvgIpc) is 2.38. The van der Waals surface area contributed by atoms with Gasteiger partial charge in [-0.2, -0.15) is 0 Å². The molecule has 2 atom stereocenters. The Hall–Kier alpha value is -1.23. The fourth-order valence-electron chi connectivity index (χ4n) is 2.01. The van der Waals surface area contributed by atoms with Crippen molar-refractivity contribution in [2.45, 2.75) is 59.6 Å². The predicted molar refractivity (Wildman–Crippen MR) is 86.1 cm³/mol. The van der Waals surface area contributed by atoms with Crippen LogP contribution in [0.25, 0.3) is 0 Å². The first-order valence-corrected chi connectivity index (χ1v) is 7.65. The van der Waals surface area contributed by atoms with Gasteiger partial charge in [-0.15, -0.1) is 0 Å². The number of hydrogen-bond acceptors (Lipinski definition) is 4. The normalized spacial score (nSPS) is 15.3. The number of nitrogens with zero attached hydrogens (tertiary/aromatic N) is 1. The van der Waals surface area contributed by atoms with E-state index < -0.39 is 5.60 Å². The SMILES string of the molecule is CCC(=CC(C)C(C)N(CCO)C(=O)OC(C)(C)C)NC. The summed E-state index contributed by atoms with van der Waals surface area (Å²) >= 11 is 0. The molecule has 0 aromatic carbocycles. The second kappa shape index (κ2) is 8.93. The molecule has 0 aliphatic carbocycles. The van der Waals surface area contributed by atoms with E-state index in [2.05, 4.69) is 25.2 Å². The lowest BCUT2D eigenvalue weighted by atomic mass is 10.00. The lowest BCUT2D eigenvalue weighted by Gasteiger charge is -2.33. The highest BCUT2D eigenvalue weighted by molar-refractivity contribution is 5.68. The van der Waals surface area contributed by atoms with E-state index in [1.807, 2.05) is 34.7 Å². The summed E-state index contributed by atoms with van der Waals surface area (Å²) in [7, 11) is 1.89. The van der Waals surface area contributed by atoms with Crippen LogP contribution in [0.4, 0.5) is 4.79 Å². The number of aliphatic hydroxyl groups excluding tert-OH is 1. The second-order valence-electron chi connectivity index (χ2n) is 6.29. The quantitative estimate of drug-likeness (QED) is 0.759. The van der Waals surface area contributed by atoms with E-state index in [1.165, 1.54) is 0 Å². The van der Waals surface area contributed by atoms with Gasteiger partial charge in [0, 0.05) is 25.3 Å². The van der Waals surface area contributed by atoms with Crippen LogP contribution in [-0.2, 0) is 4.74 Å². The summed E-state index contributed by atoms with van der Waals surface area (Å²) in [6.07, 6.45) is 2.66. The van der Waals surface area contributed by atoms with Gasteiger partial charge in [0.05, 0.1) is 6.61 Å². The van der Waals surface area contributed by atoms with Crippen LogP contribution in [0.5, 0.6) is 0 Å². The summed E-state index contributed by atoms with van der Waals surface area (Å²) in [6, 6.07) is -0.0538. The fraction of sp³-hybridized carbons (Fsp3) is 0.812. The van der Waals surface area contributed by atoms with Gasteiger partial charge >= 0.3 is 6.09 Å². The van der Waals surface area contributed by atoms with E-state index in [1.54, 1.807) is 4.90 Å². The van der Waals surface area contributed by atoms with Crippen LogP contribution in [0.3, 0.4) is 0 Å². The Bertz CT molecular complexity index is 342. The minimum Gasteiger partial charge on any atom is -0.444 e. The van der Waals surface area contributed by atoms with Gasteiger partial charge in [0.2, 0.25) is 0 Å². The molecule has 0 aromatic rings. The Morgan fingerprint density at radius 2 is 1.95 bits per heavy atom. The Kier molecular flexibility index (Phi) is 8.40. The lowest BCUT2D eigenvalue weighted by Crippen LogP contribution is -2.46. The maximum absolute atomic E-state index is 12.3. The molecule has 21 heavy (non-hydrogen) atoms. The maximum Gasteiger partial charge on any atom is 0.410 e. The molecule has 0 aliphatic heterocycles. The van der Waals surface area contributed by atoms with Gasteiger partial charge in [0.15, 0.2) is 0 Å². The largest absolute Gasteiger partial charge is 0.444 e. The Morgan fingerprint density at radius 1 is 1.38 bits per heavy atom. The average molecular weight is 300 g/mol. The summed E-state index contributed by atoms with van der Waals surface area (Å²) in [4.78, 5) is 13.9. The van der Waals surface area contributed by atoms with Crippen LogP contribution in [-0.4, -0.2) is 47.9 Å². The Balaban J connectivity index is 5.01. The molecule has 0 aromatic heterocycles. The van der Waals surface area contributed by atoms with Crippen molar-refractivity contribution in [3.63, 3.8) is 0 Å². The van der Waals surface area contributed by atoms with Gasteiger partial charge in [-0.05, 0) is 40.0 Å². The van der Waals surface area contributed by atoms with Gasteiger partial charge in [0.25, 0.3) is 0 Å². The highest BCUT2D eigenvalue weighted by atomic mass is 16.6. The van der Waals surface area contributed by atoms with E-state index in [4.69, 9.17) is 4.74 Å². The van der Waals surface area contributed by atoms with Crippen LogP contribution in [0.1, 0.15) is 48.0 Å². The third-order valence-corrected chi connectivity index (χ3v) is 3.39. The number of nitrogens with one attached hydrogen (secondary N) is 1. The molecule has 124 valence electrons. The topological polar surface area (TPSA) is 61.8 Å². The molecule has 0 fully saturated rings. The third kappa shape index (κ3) is 7.37. The van der Waals surface area contributed by atoms with Gasteiger partial charge in [-0.3, -0.25) is 0 Å². The maximum atomic E-state index is 12.3. The molecule has 0 spiro atoms. The monoisotopic (exact) mass is 300 g/mol. The molecular weight excluding hydrogens is 268 g/mol. The summed E-state index contributed by atoms with van der Waals surface area (Å²) < 4.78 is 5.42. The van der Waals surface area contributed by atoms with Crippen LogP contribution in [0.15, 0.2) is 11.8 Å². The van der Waals surface area contributed by atoms with Crippen molar-refractivity contribution < 1.29 is 14.6 Å². The van der Waals surface area contributed by atoms with Crippen LogP contribution >= 0.6 is 0 Å². The molecule has 0 rings (SSSR count). The van der Waals surface area contributed by atoms with E-state index in [0.29, 0.717) is 0 Å². The van der Waals surface area contributed by atoms with Crippen molar-refractivity contribution in [3.05, 3.63) is 11.8 Å². The number of amides is 1. The van der Waals surface area contributed by atoms with Crippen molar-refractivity contribution in [2.75, 3.05) is 20.2 Å². The van der Waals surface area contributed by atoms with Crippen LogP contribution in [0.2, 0.25) is 0 Å². The molecule has 2 unspecified atom stereocenters. The molecule has 0 aliphatic rings. The van der Waals surface area contributed by atoms with E-state index in [9.17, 15) is 9.90 Å². The summed E-state index contributed by atoms with van der Waals surface area (Å²) in [5.41, 5.74) is 0.603. The van der Waals surface area contributed by atoms with E-state index in [0.717, 1.165) is 12.1 Å². The third-order valence-electron chi connectivity index (χ3n) is 3.39. The Morgan fingerprint density at radius 3 is 2.33 bits per heavy atom. The van der Waals surface area contributed by atoms with Crippen LogP contribution in [0, 0.1) is 5.92 Å². The Labute approximate surface area is 129 Å². The minimum absolute atomic E-state index is 0.0538. The van der Waals surface area contributed by atoms with Gasteiger partial charge in [0.1, 0.15) is 5.60 Å². The number of carbonyl (C=O) groups is 1. The standard InChI is InChI=1S/C16H32N2O3/c1-8-14(17-7)11-12(2)13(3)18(9-10-19)15(20)21-16(4,5)6/h11-13,17,19H,8-10H2,1-7H3. The number of rotatable bonds is 7. The number of hydrogen-bond donors (Lipinski definition) is 2. The molecule has 5 heteroatoms. The molecule has 0 heterocycles. The molecule has 0 radical (unpaired) electrons. The van der Waals surface area contributed by atoms with E-state index in [-0.39, 0.29) is 31.2 Å². The highest BCUT2D eigenvalue weighted by Gasteiger charge is 2.28. The van der Waals surface area contributed by atoms with E-state index >= 15 is 0 Å². The second-order valence-corrected chi connectivity index (χ2v) is 6.29. The first-order chi connectivity index (χ1) is 9.66. The summed E-state index contributed by atoms with van der Waals surface area (Å²) in [5.74, 6) is 0.159. The molecule has 5 nitrogen and oxygen atoms in total. The zero-order chi connectivity index (χ0) is 16.6. The number of ether oxygens (including phenoxy) is 1. The minimum atomic E-state index is -0.539. The zero-order valence-corrected chi connectivity index (χ0v) is 14.6. The molecule has 0 saturated heterocycles. The molecular formula is C16H32N2O3.